The number of hydrogen-bond acceptors (Lipinski definition) is 1. The van der Waals surface area contributed by atoms with Gasteiger partial charge in [-0.15, -0.1) is 0 Å². The minimum absolute atomic E-state index is 0.00150. The zero-order valence-corrected chi connectivity index (χ0v) is 11.0. The number of benzene rings is 2. The van der Waals surface area contributed by atoms with E-state index in [-0.39, 0.29) is 11.9 Å². The minimum Gasteiger partial charge on any atom is -0.307 e. The third-order valence-electron chi connectivity index (χ3n) is 3.02. The molecule has 0 aliphatic heterocycles. The summed E-state index contributed by atoms with van der Waals surface area (Å²) in [5, 5.41) is 3.28. The Kier molecular flexibility index (Phi) is 4.87. The molecule has 1 atom stereocenters. The highest BCUT2D eigenvalue weighted by Gasteiger charge is 2.07. The van der Waals surface area contributed by atoms with Crippen molar-refractivity contribution in [1.29, 1.82) is 0 Å². The van der Waals surface area contributed by atoms with Gasteiger partial charge in [-0.1, -0.05) is 60.7 Å². The van der Waals surface area contributed by atoms with Crippen molar-refractivity contribution in [3.63, 3.8) is 0 Å². The van der Waals surface area contributed by atoms with Gasteiger partial charge in [-0.25, -0.2) is 4.39 Å². The number of hydrogen-bond donors (Lipinski definition) is 1. The van der Waals surface area contributed by atoms with Gasteiger partial charge in [-0.05, 0) is 18.6 Å². The first-order chi connectivity index (χ1) is 9.27. The van der Waals surface area contributed by atoms with Crippen LogP contribution in [0.2, 0.25) is 0 Å². The molecular weight excluding hydrogens is 237 g/mol. The minimum atomic E-state index is -0.158. The van der Waals surface area contributed by atoms with E-state index in [9.17, 15) is 4.39 Å². The molecule has 0 spiro atoms. The molecule has 0 saturated carbocycles. The number of nitrogens with one attached hydrogen (secondary N) is 1. The van der Waals surface area contributed by atoms with E-state index < -0.39 is 0 Å². The second-order valence-corrected chi connectivity index (χ2v) is 4.46. The van der Waals surface area contributed by atoms with E-state index in [1.807, 2.05) is 43.3 Å². The first kappa shape index (κ1) is 13.5. The third kappa shape index (κ3) is 4.04. The molecule has 2 aromatic rings. The smallest absolute Gasteiger partial charge is 0.127 e. The zero-order valence-electron chi connectivity index (χ0n) is 11.0. The second kappa shape index (κ2) is 6.86. The van der Waals surface area contributed by atoms with Gasteiger partial charge in [0.25, 0.3) is 0 Å². The van der Waals surface area contributed by atoms with E-state index in [1.54, 1.807) is 6.07 Å². The summed E-state index contributed by atoms with van der Waals surface area (Å²) in [6.45, 7) is 2.68. The SMILES string of the molecule is CC(NCC=Cc1ccccc1)c1ccccc1F. The summed E-state index contributed by atoms with van der Waals surface area (Å²) in [6, 6.07) is 17.0. The normalized spacial score (nSPS) is 12.7. The number of halogens is 1. The van der Waals surface area contributed by atoms with Crippen LogP contribution in [0.5, 0.6) is 0 Å². The quantitative estimate of drug-likeness (QED) is 0.844. The molecule has 0 saturated heterocycles. The molecule has 0 aliphatic carbocycles. The maximum atomic E-state index is 13.6. The molecule has 0 fully saturated rings. The molecule has 1 unspecified atom stereocenters. The van der Waals surface area contributed by atoms with Gasteiger partial charge in [0.2, 0.25) is 0 Å². The summed E-state index contributed by atoms with van der Waals surface area (Å²) in [7, 11) is 0. The molecule has 2 rings (SSSR count). The van der Waals surface area contributed by atoms with Crippen molar-refractivity contribution in [1.82, 2.24) is 5.32 Å². The van der Waals surface area contributed by atoms with Gasteiger partial charge >= 0.3 is 0 Å². The lowest BCUT2D eigenvalue weighted by Gasteiger charge is -2.13. The van der Waals surface area contributed by atoms with E-state index in [0.717, 1.165) is 0 Å². The fourth-order valence-electron chi connectivity index (χ4n) is 1.94. The Hall–Kier alpha value is -1.93. The predicted molar refractivity (Wildman–Crippen MR) is 78.3 cm³/mol. The van der Waals surface area contributed by atoms with Gasteiger partial charge in [0.15, 0.2) is 0 Å². The van der Waals surface area contributed by atoms with Crippen LogP contribution in [0.1, 0.15) is 24.1 Å². The van der Waals surface area contributed by atoms with Crippen molar-refractivity contribution >= 4 is 6.08 Å². The summed E-state index contributed by atoms with van der Waals surface area (Å²) in [5.74, 6) is -0.158. The highest BCUT2D eigenvalue weighted by Crippen LogP contribution is 2.15. The maximum absolute atomic E-state index is 13.6. The van der Waals surface area contributed by atoms with Crippen molar-refractivity contribution in [3.05, 3.63) is 77.6 Å². The molecule has 0 amide bonds. The Morgan fingerprint density at radius 2 is 1.74 bits per heavy atom. The van der Waals surface area contributed by atoms with Crippen LogP contribution in [0.3, 0.4) is 0 Å². The standard InChI is InChI=1S/C17H18FN/c1-14(16-11-5-6-12-17(16)18)19-13-7-10-15-8-3-2-4-9-15/h2-12,14,19H,13H2,1H3. The lowest BCUT2D eigenvalue weighted by molar-refractivity contribution is 0.549. The predicted octanol–water partition coefficient (Wildman–Crippen LogP) is 4.19. The van der Waals surface area contributed by atoms with Crippen LogP contribution in [-0.2, 0) is 0 Å². The van der Waals surface area contributed by atoms with Crippen LogP contribution >= 0.6 is 0 Å². The molecule has 0 radical (unpaired) electrons. The van der Waals surface area contributed by atoms with E-state index >= 15 is 0 Å². The third-order valence-corrected chi connectivity index (χ3v) is 3.02. The van der Waals surface area contributed by atoms with Gasteiger partial charge in [0.05, 0.1) is 0 Å². The fourth-order valence-corrected chi connectivity index (χ4v) is 1.94. The Morgan fingerprint density at radius 1 is 1.05 bits per heavy atom. The van der Waals surface area contributed by atoms with E-state index in [4.69, 9.17) is 0 Å². The Labute approximate surface area is 113 Å². The summed E-state index contributed by atoms with van der Waals surface area (Å²) < 4.78 is 13.6. The molecule has 2 aromatic carbocycles. The molecule has 2 heteroatoms. The van der Waals surface area contributed by atoms with Crippen LogP contribution in [0.25, 0.3) is 6.08 Å². The highest BCUT2D eigenvalue weighted by atomic mass is 19.1. The van der Waals surface area contributed by atoms with Gasteiger partial charge in [-0.2, -0.15) is 0 Å². The van der Waals surface area contributed by atoms with Gasteiger partial charge in [-0.3, -0.25) is 0 Å². The Balaban J connectivity index is 1.86. The maximum Gasteiger partial charge on any atom is 0.127 e. The van der Waals surface area contributed by atoms with Gasteiger partial charge in [0, 0.05) is 18.2 Å². The lowest BCUT2D eigenvalue weighted by Crippen LogP contribution is -2.19. The average Bonchev–Trinajstić information content (AvgIpc) is 2.45. The molecule has 0 heterocycles. The molecule has 0 aromatic heterocycles. The van der Waals surface area contributed by atoms with Crippen molar-refractivity contribution in [2.75, 3.05) is 6.54 Å². The van der Waals surface area contributed by atoms with Gasteiger partial charge < -0.3 is 5.32 Å². The van der Waals surface area contributed by atoms with Crippen molar-refractivity contribution in [3.8, 4) is 0 Å². The average molecular weight is 255 g/mol. The zero-order chi connectivity index (χ0) is 13.5. The first-order valence-electron chi connectivity index (χ1n) is 6.47. The van der Waals surface area contributed by atoms with Crippen LogP contribution < -0.4 is 5.32 Å². The summed E-state index contributed by atoms with van der Waals surface area (Å²) >= 11 is 0. The monoisotopic (exact) mass is 255 g/mol. The van der Waals surface area contributed by atoms with E-state index in [1.165, 1.54) is 11.6 Å². The fraction of sp³-hybridized carbons (Fsp3) is 0.176. The molecule has 98 valence electrons. The Morgan fingerprint density at radius 3 is 2.47 bits per heavy atom. The first-order valence-corrected chi connectivity index (χ1v) is 6.47. The lowest BCUT2D eigenvalue weighted by atomic mass is 10.1. The van der Waals surface area contributed by atoms with E-state index in [2.05, 4.69) is 23.5 Å². The molecule has 1 nitrogen and oxygen atoms in total. The molecule has 0 aliphatic rings. The Bertz CT molecular complexity index is 534. The topological polar surface area (TPSA) is 12.0 Å². The number of rotatable bonds is 5. The summed E-state index contributed by atoms with van der Waals surface area (Å²) in [4.78, 5) is 0. The molecular formula is C17H18FN. The highest BCUT2D eigenvalue weighted by molar-refractivity contribution is 5.48. The van der Waals surface area contributed by atoms with Crippen LogP contribution in [0, 0.1) is 5.82 Å². The van der Waals surface area contributed by atoms with Crippen LogP contribution in [-0.4, -0.2) is 6.54 Å². The van der Waals surface area contributed by atoms with Gasteiger partial charge in [0.1, 0.15) is 5.82 Å². The van der Waals surface area contributed by atoms with Crippen molar-refractivity contribution in [2.45, 2.75) is 13.0 Å². The van der Waals surface area contributed by atoms with Crippen molar-refractivity contribution < 1.29 is 4.39 Å². The summed E-state index contributed by atoms with van der Waals surface area (Å²) in [6.07, 6.45) is 4.10. The van der Waals surface area contributed by atoms with Crippen LogP contribution in [0.15, 0.2) is 60.7 Å². The van der Waals surface area contributed by atoms with E-state index in [0.29, 0.717) is 12.1 Å². The molecule has 19 heavy (non-hydrogen) atoms. The molecule has 0 bridgehead atoms. The molecule has 1 N–H and O–H groups in total. The largest absolute Gasteiger partial charge is 0.307 e. The summed E-state index contributed by atoms with van der Waals surface area (Å²) in [5.41, 5.74) is 1.87. The van der Waals surface area contributed by atoms with Crippen LogP contribution in [0.4, 0.5) is 4.39 Å². The van der Waals surface area contributed by atoms with Crippen molar-refractivity contribution in [2.24, 2.45) is 0 Å². The second-order valence-electron chi connectivity index (χ2n) is 4.46.